The molecule has 0 aromatic heterocycles. The van der Waals surface area contributed by atoms with Gasteiger partial charge in [0.15, 0.2) is 14.7 Å². The number of benzene rings is 6. The zero-order valence-electron chi connectivity index (χ0n) is 28.6. The van der Waals surface area contributed by atoms with Gasteiger partial charge in [-0.3, -0.25) is 0 Å². The Morgan fingerprint density at radius 3 is 1.63 bits per heavy atom. The molecule has 0 bridgehead atoms. The molecule has 0 amide bonds. The Morgan fingerprint density at radius 2 is 1.02 bits per heavy atom. The Kier molecular flexibility index (Phi) is 10.3. The minimum absolute atomic E-state index is 0.143. The molecule has 7 rings (SSSR count). The topological polar surface area (TPSA) is 15.3 Å². The van der Waals surface area contributed by atoms with Crippen LogP contribution in [0, 0.1) is 0 Å². The van der Waals surface area contributed by atoms with Gasteiger partial charge in [0.05, 0.1) is 11.4 Å². The van der Waals surface area contributed by atoms with E-state index in [1.807, 2.05) is 0 Å². The highest BCUT2D eigenvalue weighted by atomic mass is 32.2. The van der Waals surface area contributed by atoms with Gasteiger partial charge in [0, 0.05) is 17.1 Å². The molecule has 0 saturated heterocycles. The molecule has 1 unspecified atom stereocenters. The Hall–Kier alpha value is -4.99. The smallest absolute Gasteiger partial charge is 0.190 e. The van der Waals surface area contributed by atoms with Crippen molar-refractivity contribution in [2.75, 3.05) is 10.2 Å². The van der Waals surface area contributed by atoms with E-state index in [0.29, 0.717) is 0 Å². The summed E-state index contributed by atoms with van der Waals surface area (Å²) in [5.41, 5.74) is 11.1. The van der Waals surface area contributed by atoms with E-state index in [0.717, 1.165) is 18.5 Å². The molecule has 49 heavy (non-hydrogen) atoms. The molecule has 1 N–H and O–H groups in total. The Bertz CT molecular complexity index is 1940. The summed E-state index contributed by atoms with van der Waals surface area (Å²) in [6, 6.07) is 53.6. The average molecular weight is 658 g/mol. The lowest BCUT2D eigenvalue weighted by Crippen LogP contribution is -2.14. The van der Waals surface area contributed by atoms with Crippen LogP contribution in [0.5, 0.6) is 0 Å². The molecule has 1 heterocycles. The molecule has 0 radical (unpaired) electrons. The van der Waals surface area contributed by atoms with Crippen LogP contribution < -0.4 is 10.2 Å². The highest BCUT2D eigenvalue weighted by molar-refractivity contribution is 7.97. The standard InChI is InChI=1S/C46H45N2S/c1-3-5-12-35-20-27-39(28-21-35)48(40-29-22-36(23-30-40)13-6-4-2)41-31-24-37(25-32-41)18-19-38-26-33-46-44(34-38)47-43-16-10-11-17-45(43)49(46)42-14-8-7-9-15-42/h7-11,14-34,47H,3-6,12-13H2,1-2H3/q+1. The molecule has 3 heteroatoms. The van der Waals surface area contributed by atoms with E-state index in [2.05, 4.69) is 182 Å². The van der Waals surface area contributed by atoms with Crippen LogP contribution >= 0.6 is 0 Å². The molecular formula is C46H45N2S+. The summed E-state index contributed by atoms with van der Waals surface area (Å²) >= 11 is 0. The van der Waals surface area contributed by atoms with Crippen LogP contribution in [0.25, 0.3) is 12.2 Å². The summed E-state index contributed by atoms with van der Waals surface area (Å²) in [6.07, 6.45) is 11.6. The number of nitrogens with zero attached hydrogens (tertiary/aromatic N) is 1. The van der Waals surface area contributed by atoms with E-state index in [1.54, 1.807) is 0 Å². The number of unbranched alkanes of at least 4 members (excludes halogenated alkanes) is 2. The average Bonchev–Trinajstić information content (AvgIpc) is 3.16. The number of rotatable bonds is 12. The minimum Gasteiger partial charge on any atom is -0.347 e. The Morgan fingerprint density at radius 1 is 0.510 bits per heavy atom. The maximum absolute atomic E-state index is 3.72. The fraction of sp³-hybridized carbons (Fsp3) is 0.174. The summed E-state index contributed by atoms with van der Waals surface area (Å²) < 4.78 is 0. The molecule has 2 nitrogen and oxygen atoms in total. The van der Waals surface area contributed by atoms with Crippen LogP contribution in [-0.4, -0.2) is 0 Å². The summed E-state index contributed by atoms with van der Waals surface area (Å²) in [5, 5.41) is 3.72. The van der Waals surface area contributed by atoms with Crippen molar-refractivity contribution in [3.63, 3.8) is 0 Å². The van der Waals surface area contributed by atoms with Crippen molar-refractivity contribution in [3.8, 4) is 0 Å². The van der Waals surface area contributed by atoms with Crippen LogP contribution in [0.3, 0.4) is 0 Å². The molecule has 0 spiro atoms. The van der Waals surface area contributed by atoms with Crippen LogP contribution in [0.1, 0.15) is 61.8 Å². The monoisotopic (exact) mass is 657 g/mol. The van der Waals surface area contributed by atoms with Crippen molar-refractivity contribution < 1.29 is 0 Å². The second kappa shape index (κ2) is 15.5. The maximum Gasteiger partial charge on any atom is 0.190 e. The van der Waals surface area contributed by atoms with E-state index < -0.39 is 0 Å². The SMILES string of the molecule is CCCCc1ccc(N(c2ccc(C=Cc3ccc4c(c3)Nc3ccccc3[S+]4c3ccccc3)cc2)c2ccc(CCCC)cc2)cc1. The first-order valence-corrected chi connectivity index (χ1v) is 19.0. The predicted octanol–water partition coefficient (Wildman–Crippen LogP) is 13.2. The van der Waals surface area contributed by atoms with E-state index >= 15 is 0 Å². The summed E-state index contributed by atoms with van der Waals surface area (Å²) in [6.45, 7) is 4.51. The summed E-state index contributed by atoms with van der Waals surface area (Å²) in [4.78, 5) is 6.40. The number of hydrogen-bond donors (Lipinski definition) is 1. The first-order chi connectivity index (χ1) is 24.2. The lowest BCUT2D eigenvalue weighted by atomic mass is 10.1. The molecular weight excluding hydrogens is 613 g/mol. The van der Waals surface area contributed by atoms with E-state index in [1.165, 1.54) is 85.4 Å². The van der Waals surface area contributed by atoms with Crippen molar-refractivity contribution in [2.45, 2.75) is 67.1 Å². The van der Waals surface area contributed by atoms with Crippen LogP contribution in [0.2, 0.25) is 0 Å². The van der Waals surface area contributed by atoms with Gasteiger partial charge < -0.3 is 10.2 Å². The molecule has 6 aromatic carbocycles. The Labute approximate surface area is 295 Å². The zero-order chi connectivity index (χ0) is 33.4. The van der Waals surface area contributed by atoms with Gasteiger partial charge in [0.2, 0.25) is 0 Å². The van der Waals surface area contributed by atoms with Gasteiger partial charge in [-0.2, -0.15) is 0 Å². The third kappa shape index (κ3) is 7.53. The third-order valence-corrected chi connectivity index (χ3v) is 11.6. The molecule has 6 aromatic rings. The van der Waals surface area contributed by atoms with E-state index in [-0.39, 0.29) is 10.9 Å². The molecule has 1 aliphatic rings. The second-order valence-electron chi connectivity index (χ2n) is 12.8. The van der Waals surface area contributed by atoms with E-state index in [4.69, 9.17) is 0 Å². The van der Waals surface area contributed by atoms with Crippen molar-refractivity contribution in [1.29, 1.82) is 0 Å². The van der Waals surface area contributed by atoms with Gasteiger partial charge in [-0.15, -0.1) is 0 Å². The fourth-order valence-electron chi connectivity index (χ4n) is 6.51. The van der Waals surface area contributed by atoms with Gasteiger partial charge in [0.1, 0.15) is 10.9 Å². The second-order valence-corrected chi connectivity index (χ2v) is 14.8. The number of nitrogens with one attached hydrogen (secondary N) is 1. The quantitative estimate of drug-likeness (QED) is 0.104. The van der Waals surface area contributed by atoms with Gasteiger partial charge >= 0.3 is 0 Å². The van der Waals surface area contributed by atoms with Crippen LogP contribution in [-0.2, 0) is 23.7 Å². The lowest BCUT2D eigenvalue weighted by Gasteiger charge is -2.26. The lowest BCUT2D eigenvalue weighted by molar-refractivity contribution is 0.795. The third-order valence-electron chi connectivity index (χ3n) is 9.23. The Balaban J connectivity index is 1.14. The van der Waals surface area contributed by atoms with Crippen molar-refractivity contribution >= 4 is 51.5 Å². The number of aryl methyl sites for hydroxylation is 2. The molecule has 1 aliphatic heterocycles. The normalized spacial score (nSPS) is 13.5. The molecule has 0 aliphatic carbocycles. The highest BCUT2D eigenvalue weighted by Crippen LogP contribution is 2.44. The highest BCUT2D eigenvalue weighted by Gasteiger charge is 2.37. The van der Waals surface area contributed by atoms with Crippen molar-refractivity contribution in [3.05, 3.63) is 168 Å². The summed E-state index contributed by atoms with van der Waals surface area (Å²) in [7, 11) is -0.143. The largest absolute Gasteiger partial charge is 0.347 e. The van der Waals surface area contributed by atoms with E-state index in [9.17, 15) is 0 Å². The van der Waals surface area contributed by atoms with Gasteiger partial charge in [-0.1, -0.05) is 106 Å². The number of anilines is 5. The predicted molar refractivity (Wildman–Crippen MR) is 212 cm³/mol. The van der Waals surface area contributed by atoms with Gasteiger partial charge in [-0.05, 0) is 127 Å². The maximum atomic E-state index is 3.72. The molecule has 0 saturated carbocycles. The molecule has 244 valence electrons. The fourth-order valence-corrected chi connectivity index (χ4v) is 8.77. The van der Waals surface area contributed by atoms with Crippen molar-refractivity contribution in [2.24, 2.45) is 0 Å². The zero-order valence-corrected chi connectivity index (χ0v) is 29.4. The van der Waals surface area contributed by atoms with Gasteiger partial charge in [-0.25, -0.2) is 0 Å². The van der Waals surface area contributed by atoms with Gasteiger partial charge in [0.25, 0.3) is 0 Å². The number of para-hydroxylation sites is 1. The minimum atomic E-state index is -0.143. The number of hydrogen-bond acceptors (Lipinski definition) is 2. The number of fused-ring (bicyclic) bond motifs is 2. The van der Waals surface area contributed by atoms with Crippen LogP contribution in [0.4, 0.5) is 28.4 Å². The molecule has 1 atom stereocenters. The van der Waals surface area contributed by atoms with Crippen molar-refractivity contribution in [1.82, 2.24) is 0 Å². The van der Waals surface area contributed by atoms with Crippen LogP contribution in [0.15, 0.2) is 160 Å². The first kappa shape index (κ1) is 32.6. The first-order valence-electron chi connectivity index (χ1n) is 17.8. The molecule has 0 fully saturated rings. The summed E-state index contributed by atoms with van der Waals surface area (Å²) in [5.74, 6) is 0.